The normalized spacial score (nSPS) is 12.4. The van der Waals surface area contributed by atoms with Crippen LogP contribution in [0.4, 0.5) is 0 Å². The van der Waals surface area contributed by atoms with Crippen LogP contribution >= 0.6 is 11.8 Å². The molecular formula is C16H19NO2S2. The van der Waals surface area contributed by atoms with E-state index in [-0.39, 0.29) is 9.64 Å². The Kier molecular flexibility index (Phi) is 4.46. The summed E-state index contributed by atoms with van der Waals surface area (Å²) in [6.07, 6.45) is 0. The van der Waals surface area contributed by atoms with Crippen LogP contribution in [0.5, 0.6) is 0 Å². The van der Waals surface area contributed by atoms with Gasteiger partial charge in [-0.25, -0.2) is 13.6 Å². The van der Waals surface area contributed by atoms with Gasteiger partial charge in [0.2, 0.25) is 10.0 Å². The number of rotatable bonds is 3. The summed E-state index contributed by atoms with van der Waals surface area (Å²) in [5, 5.41) is 5.09. The molecule has 0 aliphatic rings. The molecule has 0 heterocycles. The highest BCUT2D eigenvalue weighted by Crippen LogP contribution is 2.33. The van der Waals surface area contributed by atoms with Crippen molar-refractivity contribution in [2.24, 2.45) is 5.14 Å². The van der Waals surface area contributed by atoms with Gasteiger partial charge in [0.15, 0.2) is 0 Å². The molecule has 0 unspecified atom stereocenters. The van der Waals surface area contributed by atoms with E-state index in [1.807, 2.05) is 23.9 Å². The van der Waals surface area contributed by atoms with Crippen molar-refractivity contribution in [3.05, 3.63) is 48.5 Å². The molecule has 0 saturated carbocycles. The van der Waals surface area contributed by atoms with E-state index < -0.39 is 10.0 Å². The first kappa shape index (κ1) is 16.1. The largest absolute Gasteiger partial charge is 0.238 e. The molecule has 0 aliphatic carbocycles. The second-order valence-corrected chi connectivity index (χ2v) is 9.27. The molecule has 2 rings (SSSR count). The van der Waals surface area contributed by atoms with E-state index in [1.54, 1.807) is 12.1 Å². The van der Waals surface area contributed by atoms with Gasteiger partial charge in [0.25, 0.3) is 0 Å². The standard InChI is InChI=1S/C16H19NO2S2/c1-16(2,3)20-14-8-4-12(5-9-14)13-6-10-15(11-7-13)21(17,18)19/h4-11H,1-3H3,(H2,17,18,19). The minimum Gasteiger partial charge on any atom is -0.225 e. The Morgan fingerprint density at radius 2 is 1.29 bits per heavy atom. The van der Waals surface area contributed by atoms with Crippen LogP contribution in [0.2, 0.25) is 0 Å². The summed E-state index contributed by atoms with van der Waals surface area (Å²) in [5.41, 5.74) is 2.02. The summed E-state index contributed by atoms with van der Waals surface area (Å²) >= 11 is 1.81. The quantitative estimate of drug-likeness (QED) is 0.872. The predicted octanol–water partition coefficient (Wildman–Crippen LogP) is 3.89. The zero-order chi connectivity index (χ0) is 15.7. The highest BCUT2D eigenvalue weighted by Gasteiger charge is 2.12. The summed E-state index contributed by atoms with van der Waals surface area (Å²) in [7, 11) is -3.63. The molecular weight excluding hydrogens is 302 g/mol. The Labute approximate surface area is 130 Å². The molecule has 112 valence electrons. The Morgan fingerprint density at radius 1 is 0.857 bits per heavy atom. The molecule has 3 nitrogen and oxygen atoms in total. The zero-order valence-corrected chi connectivity index (χ0v) is 14.0. The van der Waals surface area contributed by atoms with Gasteiger partial charge in [-0.15, -0.1) is 11.8 Å². The minimum atomic E-state index is -3.63. The number of thioether (sulfide) groups is 1. The van der Waals surface area contributed by atoms with Gasteiger partial charge >= 0.3 is 0 Å². The maximum absolute atomic E-state index is 11.2. The zero-order valence-electron chi connectivity index (χ0n) is 12.3. The van der Waals surface area contributed by atoms with Crippen LogP contribution in [-0.4, -0.2) is 13.2 Å². The predicted molar refractivity (Wildman–Crippen MR) is 88.9 cm³/mol. The van der Waals surface area contributed by atoms with E-state index in [9.17, 15) is 8.42 Å². The van der Waals surface area contributed by atoms with Crippen LogP contribution in [0, 0.1) is 0 Å². The lowest BCUT2D eigenvalue weighted by Crippen LogP contribution is -2.11. The minimum absolute atomic E-state index is 0.131. The van der Waals surface area contributed by atoms with Gasteiger partial charge in [0.1, 0.15) is 0 Å². The van der Waals surface area contributed by atoms with E-state index >= 15 is 0 Å². The van der Waals surface area contributed by atoms with Gasteiger partial charge in [-0.1, -0.05) is 45.0 Å². The van der Waals surface area contributed by atoms with Crippen molar-refractivity contribution in [2.45, 2.75) is 35.3 Å². The number of benzene rings is 2. The summed E-state index contributed by atoms with van der Waals surface area (Å²) < 4.78 is 22.6. The smallest absolute Gasteiger partial charge is 0.225 e. The van der Waals surface area contributed by atoms with Crippen LogP contribution in [-0.2, 0) is 10.0 Å². The first-order valence-corrected chi connectivity index (χ1v) is 8.94. The van der Waals surface area contributed by atoms with Crippen LogP contribution in [0.15, 0.2) is 58.3 Å². The highest BCUT2D eigenvalue weighted by atomic mass is 32.2. The molecule has 0 amide bonds. The monoisotopic (exact) mass is 321 g/mol. The molecule has 0 spiro atoms. The fraction of sp³-hybridized carbons (Fsp3) is 0.250. The topological polar surface area (TPSA) is 60.2 Å². The van der Waals surface area contributed by atoms with E-state index in [1.165, 1.54) is 17.0 Å². The summed E-state index contributed by atoms with van der Waals surface area (Å²) in [5.74, 6) is 0. The third-order valence-electron chi connectivity index (χ3n) is 2.79. The number of nitrogens with two attached hydrogens (primary N) is 1. The fourth-order valence-corrected chi connectivity index (χ4v) is 3.40. The summed E-state index contributed by atoms with van der Waals surface area (Å²) in [4.78, 5) is 1.35. The first-order chi connectivity index (χ1) is 9.65. The van der Waals surface area contributed by atoms with Crippen molar-refractivity contribution in [1.82, 2.24) is 0 Å². The number of sulfonamides is 1. The van der Waals surface area contributed by atoms with Crippen molar-refractivity contribution in [2.75, 3.05) is 0 Å². The molecule has 2 N–H and O–H groups in total. The van der Waals surface area contributed by atoms with Crippen molar-refractivity contribution >= 4 is 21.8 Å². The number of hydrogen-bond acceptors (Lipinski definition) is 3. The number of primary sulfonamides is 1. The van der Waals surface area contributed by atoms with E-state index in [2.05, 4.69) is 32.9 Å². The Morgan fingerprint density at radius 3 is 1.67 bits per heavy atom. The van der Waals surface area contributed by atoms with Crippen molar-refractivity contribution in [1.29, 1.82) is 0 Å². The lowest BCUT2D eigenvalue weighted by Gasteiger charge is -2.17. The molecule has 0 aromatic heterocycles. The summed E-state index contributed by atoms with van der Waals surface area (Å²) in [6, 6.07) is 14.8. The molecule has 21 heavy (non-hydrogen) atoms. The van der Waals surface area contributed by atoms with Crippen LogP contribution in [0.25, 0.3) is 11.1 Å². The second-order valence-electron chi connectivity index (χ2n) is 5.81. The van der Waals surface area contributed by atoms with Gasteiger partial charge in [0, 0.05) is 9.64 Å². The Hall–Kier alpha value is -1.30. The molecule has 2 aromatic carbocycles. The first-order valence-electron chi connectivity index (χ1n) is 6.57. The average Bonchev–Trinajstić information content (AvgIpc) is 2.37. The van der Waals surface area contributed by atoms with E-state index in [0.29, 0.717) is 0 Å². The Bertz CT molecular complexity index is 712. The molecule has 0 fully saturated rings. The van der Waals surface area contributed by atoms with Gasteiger partial charge in [0.05, 0.1) is 4.90 Å². The fourth-order valence-electron chi connectivity index (χ4n) is 1.91. The third-order valence-corrected chi connectivity index (χ3v) is 4.84. The van der Waals surface area contributed by atoms with Crippen LogP contribution < -0.4 is 5.14 Å². The van der Waals surface area contributed by atoms with Crippen LogP contribution in [0.3, 0.4) is 0 Å². The van der Waals surface area contributed by atoms with Gasteiger partial charge < -0.3 is 0 Å². The van der Waals surface area contributed by atoms with E-state index in [4.69, 9.17) is 5.14 Å². The second kappa shape index (κ2) is 5.83. The molecule has 2 aromatic rings. The van der Waals surface area contributed by atoms with Crippen molar-refractivity contribution in [3.63, 3.8) is 0 Å². The lowest BCUT2D eigenvalue weighted by molar-refractivity contribution is 0.598. The summed E-state index contributed by atoms with van der Waals surface area (Å²) in [6.45, 7) is 6.53. The van der Waals surface area contributed by atoms with Gasteiger partial charge in [-0.2, -0.15) is 0 Å². The maximum atomic E-state index is 11.2. The van der Waals surface area contributed by atoms with Crippen molar-refractivity contribution in [3.8, 4) is 11.1 Å². The number of hydrogen-bond donors (Lipinski definition) is 1. The van der Waals surface area contributed by atoms with Crippen LogP contribution in [0.1, 0.15) is 20.8 Å². The Balaban J connectivity index is 2.23. The van der Waals surface area contributed by atoms with Gasteiger partial charge in [-0.3, -0.25) is 0 Å². The van der Waals surface area contributed by atoms with Crippen molar-refractivity contribution < 1.29 is 8.42 Å². The average molecular weight is 321 g/mol. The maximum Gasteiger partial charge on any atom is 0.238 e. The molecule has 0 aliphatic heterocycles. The molecule has 0 bridgehead atoms. The molecule has 0 atom stereocenters. The SMILES string of the molecule is CC(C)(C)Sc1ccc(-c2ccc(S(N)(=O)=O)cc2)cc1. The molecule has 0 radical (unpaired) electrons. The lowest BCUT2D eigenvalue weighted by atomic mass is 10.1. The third kappa shape index (κ3) is 4.59. The van der Waals surface area contributed by atoms with Gasteiger partial charge in [-0.05, 0) is 35.4 Å². The molecule has 5 heteroatoms. The highest BCUT2D eigenvalue weighted by molar-refractivity contribution is 8.00. The van der Waals surface area contributed by atoms with E-state index in [0.717, 1.165) is 11.1 Å². The molecule has 0 saturated heterocycles.